The summed E-state index contributed by atoms with van der Waals surface area (Å²) in [6.07, 6.45) is 0. The molecule has 0 bridgehead atoms. The fourth-order valence-electron chi connectivity index (χ4n) is 1.47. The van der Waals surface area contributed by atoms with Crippen molar-refractivity contribution in [2.24, 2.45) is 0 Å². The van der Waals surface area contributed by atoms with Crippen molar-refractivity contribution < 1.29 is 13.5 Å². The van der Waals surface area contributed by atoms with Crippen molar-refractivity contribution in [2.75, 3.05) is 0 Å². The molecule has 0 radical (unpaired) electrons. The average Bonchev–Trinajstić information content (AvgIpc) is 2.86. The summed E-state index contributed by atoms with van der Waals surface area (Å²) >= 11 is 4.44. The molecule has 0 aliphatic rings. The largest absolute Gasteiger partial charge is 0.392 e. The van der Waals surface area contributed by atoms with Crippen molar-refractivity contribution in [1.82, 2.24) is 4.72 Å². The van der Waals surface area contributed by atoms with Gasteiger partial charge in [-0.05, 0) is 34.7 Å². The Morgan fingerprint density at radius 2 is 2.05 bits per heavy atom. The second kappa shape index (κ2) is 6.15. The van der Waals surface area contributed by atoms with E-state index in [-0.39, 0.29) is 17.4 Å². The number of hydrogen-bond acceptors (Lipinski definition) is 4. The van der Waals surface area contributed by atoms with Crippen LogP contribution in [0.4, 0.5) is 0 Å². The summed E-state index contributed by atoms with van der Waals surface area (Å²) in [7, 11) is -3.52. The van der Waals surface area contributed by atoms with Gasteiger partial charge in [0.1, 0.15) is 4.21 Å². The Labute approximate surface area is 124 Å². The predicted octanol–water partition coefficient (Wildman–Crippen LogP) is 2.48. The van der Waals surface area contributed by atoms with Crippen molar-refractivity contribution in [3.8, 4) is 0 Å². The molecule has 2 rings (SSSR count). The number of halogens is 1. The highest BCUT2D eigenvalue weighted by Crippen LogP contribution is 2.20. The van der Waals surface area contributed by atoms with Gasteiger partial charge in [-0.2, -0.15) is 0 Å². The number of nitrogens with one attached hydrogen (secondary N) is 1. The van der Waals surface area contributed by atoms with Gasteiger partial charge in [-0.15, -0.1) is 11.3 Å². The van der Waals surface area contributed by atoms with Gasteiger partial charge in [-0.1, -0.05) is 28.1 Å². The number of aliphatic hydroxyl groups is 1. The van der Waals surface area contributed by atoms with E-state index in [1.807, 2.05) is 24.3 Å². The molecule has 0 aliphatic carbocycles. The predicted molar refractivity (Wildman–Crippen MR) is 78.4 cm³/mol. The van der Waals surface area contributed by atoms with E-state index < -0.39 is 10.0 Å². The van der Waals surface area contributed by atoms with Gasteiger partial charge in [0, 0.05) is 11.0 Å². The van der Waals surface area contributed by atoms with Crippen LogP contribution in [0.1, 0.15) is 11.1 Å². The highest BCUT2D eigenvalue weighted by Gasteiger charge is 2.16. The Kier molecular flexibility index (Phi) is 4.75. The number of benzene rings is 1. The molecule has 7 heteroatoms. The summed E-state index contributed by atoms with van der Waals surface area (Å²) in [4.78, 5) is 0. The molecule has 19 heavy (non-hydrogen) atoms. The fourth-order valence-corrected chi connectivity index (χ4v) is 4.18. The summed E-state index contributed by atoms with van der Waals surface area (Å²) in [5.41, 5.74) is 1.48. The molecule has 4 nitrogen and oxygen atoms in total. The Balaban J connectivity index is 2.09. The molecule has 0 spiro atoms. The van der Waals surface area contributed by atoms with Gasteiger partial charge >= 0.3 is 0 Å². The molecule has 2 aromatic rings. The van der Waals surface area contributed by atoms with Crippen molar-refractivity contribution in [3.05, 3.63) is 51.3 Å². The third kappa shape index (κ3) is 3.87. The van der Waals surface area contributed by atoms with Gasteiger partial charge in [0.15, 0.2) is 0 Å². The Morgan fingerprint density at radius 3 is 2.68 bits per heavy atom. The van der Waals surface area contributed by atoms with Crippen LogP contribution in [0.2, 0.25) is 0 Å². The van der Waals surface area contributed by atoms with Crippen molar-refractivity contribution in [1.29, 1.82) is 0 Å². The summed E-state index contributed by atoms with van der Waals surface area (Å²) in [6, 6.07) is 8.92. The zero-order valence-electron chi connectivity index (χ0n) is 9.84. The molecule has 1 aromatic carbocycles. The van der Waals surface area contributed by atoms with Crippen LogP contribution in [0.5, 0.6) is 0 Å². The zero-order chi connectivity index (χ0) is 13.9. The quantitative estimate of drug-likeness (QED) is 0.859. The fraction of sp³-hybridized carbons (Fsp3) is 0.167. The van der Waals surface area contributed by atoms with Gasteiger partial charge in [-0.25, -0.2) is 13.1 Å². The molecule has 2 N–H and O–H groups in total. The molecular weight excluding hydrogens is 350 g/mol. The maximum absolute atomic E-state index is 12.0. The van der Waals surface area contributed by atoms with Gasteiger partial charge in [-0.3, -0.25) is 0 Å². The molecule has 0 atom stereocenters. The molecule has 1 aromatic heterocycles. The smallest absolute Gasteiger partial charge is 0.250 e. The highest BCUT2D eigenvalue weighted by atomic mass is 79.9. The lowest BCUT2D eigenvalue weighted by Crippen LogP contribution is -2.22. The van der Waals surface area contributed by atoms with E-state index in [4.69, 9.17) is 5.11 Å². The molecular formula is C12H12BrNO3S2. The van der Waals surface area contributed by atoms with Crippen molar-refractivity contribution in [2.45, 2.75) is 17.4 Å². The maximum Gasteiger partial charge on any atom is 0.250 e. The summed E-state index contributed by atoms with van der Waals surface area (Å²) < 4.78 is 27.7. The maximum atomic E-state index is 12.0. The van der Waals surface area contributed by atoms with Crippen molar-refractivity contribution >= 4 is 37.3 Å². The summed E-state index contributed by atoms with van der Waals surface area (Å²) in [5, 5.41) is 10.6. The number of thiophene rings is 1. The lowest BCUT2D eigenvalue weighted by atomic mass is 10.2. The average molecular weight is 362 g/mol. The number of aliphatic hydroxyl groups excluding tert-OH is 1. The first-order chi connectivity index (χ1) is 9.01. The molecule has 0 aliphatic heterocycles. The standard InChI is InChI=1S/C12H12BrNO3S2/c13-11-3-1-2-9(4-11)6-14-19(16,17)12-5-10(7-15)8-18-12/h1-5,8,14-15H,6-7H2. The van der Waals surface area contributed by atoms with Crippen LogP contribution in [0.3, 0.4) is 0 Å². The number of sulfonamides is 1. The van der Waals surface area contributed by atoms with E-state index in [1.165, 1.54) is 6.07 Å². The minimum absolute atomic E-state index is 0.155. The van der Waals surface area contributed by atoms with Gasteiger partial charge in [0.25, 0.3) is 0 Å². The summed E-state index contributed by atoms with van der Waals surface area (Å²) in [5.74, 6) is 0. The van der Waals surface area contributed by atoms with Crippen LogP contribution in [0, 0.1) is 0 Å². The van der Waals surface area contributed by atoms with Crippen LogP contribution >= 0.6 is 27.3 Å². The van der Waals surface area contributed by atoms with E-state index >= 15 is 0 Å². The van der Waals surface area contributed by atoms with Crippen molar-refractivity contribution in [3.63, 3.8) is 0 Å². The second-order valence-corrected chi connectivity index (χ2v) is 7.71. The first kappa shape index (κ1) is 14.7. The molecule has 1 heterocycles. The van der Waals surface area contributed by atoms with Crippen LogP contribution in [-0.2, 0) is 23.2 Å². The third-order valence-corrected chi connectivity index (χ3v) is 5.82. The van der Waals surface area contributed by atoms with E-state index in [2.05, 4.69) is 20.7 Å². The second-order valence-electron chi connectivity index (χ2n) is 3.89. The Bertz CT molecular complexity index is 667. The monoisotopic (exact) mass is 361 g/mol. The van der Waals surface area contributed by atoms with E-state index in [9.17, 15) is 8.42 Å². The van der Waals surface area contributed by atoms with E-state index in [0.29, 0.717) is 5.56 Å². The van der Waals surface area contributed by atoms with Gasteiger partial charge in [0.05, 0.1) is 6.61 Å². The van der Waals surface area contributed by atoms with Crippen LogP contribution in [0.15, 0.2) is 44.4 Å². The van der Waals surface area contributed by atoms with Crippen LogP contribution in [-0.4, -0.2) is 13.5 Å². The molecule has 0 saturated heterocycles. The first-order valence-electron chi connectivity index (χ1n) is 5.43. The molecule has 0 fully saturated rings. The SMILES string of the molecule is O=S(=O)(NCc1cccc(Br)c1)c1cc(CO)cs1. The Hall–Kier alpha value is -0.730. The van der Waals surface area contributed by atoms with Crippen LogP contribution in [0.25, 0.3) is 0 Å². The van der Waals surface area contributed by atoms with E-state index in [0.717, 1.165) is 21.4 Å². The lowest BCUT2D eigenvalue weighted by molar-refractivity contribution is 0.282. The zero-order valence-corrected chi connectivity index (χ0v) is 13.1. The summed E-state index contributed by atoms with van der Waals surface area (Å²) in [6.45, 7) is 0.0752. The minimum Gasteiger partial charge on any atom is -0.392 e. The number of hydrogen-bond donors (Lipinski definition) is 2. The highest BCUT2D eigenvalue weighted by molar-refractivity contribution is 9.10. The third-order valence-electron chi connectivity index (χ3n) is 2.43. The van der Waals surface area contributed by atoms with Gasteiger partial charge in [0.2, 0.25) is 10.0 Å². The van der Waals surface area contributed by atoms with Gasteiger partial charge < -0.3 is 5.11 Å². The topological polar surface area (TPSA) is 66.4 Å². The minimum atomic E-state index is -3.52. The molecule has 0 saturated carbocycles. The normalized spacial score (nSPS) is 11.7. The molecule has 102 valence electrons. The van der Waals surface area contributed by atoms with E-state index in [1.54, 1.807) is 5.38 Å². The number of rotatable bonds is 5. The lowest BCUT2D eigenvalue weighted by Gasteiger charge is -2.05. The first-order valence-corrected chi connectivity index (χ1v) is 8.59. The van der Waals surface area contributed by atoms with Crippen LogP contribution < -0.4 is 4.72 Å². The molecule has 0 amide bonds. The Morgan fingerprint density at radius 1 is 1.26 bits per heavy atom. The molecule has 0 unspecified atom stereocenters.